The molecule has 6 nitrogen and oxygen atoms in total. The Hall–Kier alpha value is -2.09. The molecule has 0 radical (unpaired) electrons. The van der Waals surface area contributed by atoms with Gasteiger partial charge in [0.25, 0.3) is 5.91 Å². The molecule has 3 rings (SSSR count). The highest BCUT2D eigenvalue weighted by molar-refractivity contribution is 7.89. The van der Waals surface area contributed by atoms with Gasteiger partial charge in [0.05, 0.1) is 17.7 Å². The lowest BCUT2D eigenvalue weighted by Crippen LogP contribution is -2.46. The number of hydrogen-bond donors (Lipinski definition) is 1. The fourth-order valence-corrected chi connectivity index (χ4v) is 5.18. The molecule has 1 heterocycles. The summed E-state index contributed by atoms with van der Waals surface area (Å²) in [6.07, 6.45) is 1.06. The Morgan fingerprint density at radius 2 is 1.76 bits per heavy atom. The molecule has 1 saturated heterocycles. The number of methoxy groups -OCH3 is 1. The summed E-state index contributed by atoms with van der Waals surface area (Å²) in [7, 11) is -2.28. The predicted molar refractivity (Wildman–Crippen MR) is 113 cm³/mol. The number of piperidine rings is 1. The van der Waals surface area contributed by atoms with E-state index < -0.39 is 10.0 Å². The van der Waals surface area contributed by atoms with Gasteiger partial charge >= 0.3 is 0 Å². The number of nitrogens with one attached hydrogen (secondary N) is 1. The molecule has 2 aromatic rings. The number of carbonyl (C=O) groups excluding carboxylic acids is 1. The summed E-state index contributed by atoms with van der Waals surface area (Å²) in [5, 5.41) is 0.419. The number of amides is 1. The van der Waals surface area contributed by atoms with Gasteiger partial charge in [-0.2, -0.15) is 0 Å². The van der Waals surface area contributed by atoms with Crippen molar-refractivity contribution in [3.8, 4) is 5.75 Å². The van der Waals surface area contributed by atoms with Crippen LogP contribution in [0.4, 0.5) is 0 Å². The zero-order valence-corrected chi connectivity index (χ0v) is 18.3. The van der Waals surface area contributed by atoms with Crippen molar-refractivity contribution in [2.45, 2.75) is 37.6 Å². The van der Waals surface area contributed by atoms with Crippen molar-refractivity contribution in [1.29, 1.82) is 0 Å². The zero-order chi connectivity index (χ0) is 21.2. The fourth-order valence-electron chi connectivity index (χ4n) is 3.42. The number of benzene rings is 2. The number of hydrogen-bond acceptors (Lipinski definition) is 4. The Bertz CT molecular complexity index is 1020. The zero-order valence-electron chi connectivity index (χ0n) is 16.7. The molecular weight excluding hydrogens is 412 g/mol. The largest absolute Gasteiger partial charge is 0.495 e. The van der Waals surface area contributed by atoms with Crippen LogP contribution in [0.15, 0.2) is 41.3 Å². The van der Waals surface area contributed by atoms with Crippen molar-refractivity contribution >= 4 is 27.5 Å². The minimum absolute atomic E-state index is 0.132. The van der Waals surface area contributed by atoms with Gasteiger partial charge < -0.3 is 9.64 Å². The Balaban J connectivity index is 1.68. The highest BCUT2D eigenvalue weighted by Crippen LogP contribution is 2.28. The first-order valence-electron chi connectivity index (χ1n) is 9.44. The summed E-state index contributed by atoms with van der Waals surface area (Å²) in [6.45, 7) is 4.70. The molecule has 1 fully saturated rings. The van der Waals surface area contributed by atoms with E-state index in [9.17, 15) is 13.2 Å². The number of likely N-dealkylation sites (tertiary alicyclic amines) is 1. The maximum absolute atomic E-state index is 12.9. The maximum atomic E-state index is 12.9. The van der Waals surface area contributed by atoms with Gasteiger partial charge in [0.15, 0.2) is 0 Å². The summed E-state index contributed by atoms with van der Waals surface area (Å²) in [5.74, 6) is 0.194. The standard InChI is InChI=1S/C21H25ClN2O4S/c1-14-12-19(28-3)20(13-15(14)2)29(26,27)23-16-8-10-24(11-9-16)21(25)17-6-4-5-7-18(17)22/h4-7,12-13,16,23H,8-11H2,1-3H3. The average molecular weight is 437 g/mol. The molecule has 156 valence electrons. The van der Waals surface area contributed by atoms with Gasteiger partial charge in [-0.1, -0.05) is 23.7 Å². The normalized spacial score (nSPS) is 15.4. The van der Waals surface area contributed by atoms with E-state index in [0.29, 0.717) is 42.3 Å². The van der Waals surface area contributed by atoms with E-state index in [0.717, 1.165) is 11.1 Å². The summed E-state index contributed by atoms with van der Waals surface area (Å²) in [4.78, 5) is 14.5. The average Bonchev–Trinajstić information content (AvgIpc) is 2.69. The quantitative estimate of drug-likeness (QED) is 0.777. The van der Waals surface area contributed by atoms with E-state index in [4.69, 9.17) is 16.3 Å². The summed E-state index contributed by atoms with van der Waals surface area (Å²) in [6, 6.07) is 10.1. The van der Waals surface area contributed by atoms with Gasteiger partial charge in [-0.15, -0.1) is 0 Å². The fraction of sp³-hybridized carbons (Fsp3) is 0.381. The van der Waals surface area contributed by atoms with Crippen LogP contribution in [0.5, 0.6) is 5.75 Å². The topological polar surface area (TPSA) is 75.7 Å². The molecule has 0 atom stereocenters. The highest BCUT2D eigenvalue weighted by Gasteiger charge is 2.29. The van der Waals surface area contributed by atoms with E-state index >= 15 is 0 Å². The molecule has 8 heteroatoms. The van der Waals surface area contributed by atoms with Gasteiger partial charge in [-0.25, -0.2) is 13.1 Å². The van der Waals surface area contributed by atoms with Gasteiger partial charge in [0, 0.05) is 19.1 Å². The van der Waals surface area contributed by atoms with Crippen LogP contribution in [0.3, 0.4) is 0 Å². The monoisotopic (exact) mass is 436 g/mol. The molecule has 0 bridgehead atoms. The van der Waals surface area contributed by atoms with Gasteiger partial charge in [0.1, 0.15) is 10.6 Å². The minimum atomic E-state index is -3.74. The summed E-state index contributed by atoms with van der Waals surface area (Å²) < 4.78 is 33.9. The number of nitrogens with zero attached hydrogens (tertiary/aromatic N) is 1. The third-order valence-corrected chi connectivity index (χ3v) is 7.15. The molecule has 1 N–H and O–H groups in total. The van der Waals surface area contributed by atoms with Crippen molar-refractivity contribution < 1.29 is 17.9 Å². The van der Waals surface area contributed by atoms with Gasteiger partial charge in [0.2, 0.25) is 10.0 Å². The Labute approximate surface area is 176 Å². The minimum Gasteiger partial charge on any atom is -0.495 e. The van der Waals surface area contributed by atoms with Crippen LogP contribution in [-0.2, 0) is 10.0 Å². The first-order valence-corrected chi connectivity index (χ1v) is 11.3. The van der Waals surface area contributed by atoms with E-state index in [-0.39, 0.29) is 16.8 Å². The SMILES string of the molecule is COc1cc(C)c(C)cc1S(=O)(=O)NC1CCN(C(=O)c2ccccc2Cl)CC1. The van der Waals surface area contributed by atoms with Crippen LogP contribution in [-0.4, -0.2) is 45.5 Å². The summed E-state index contributed by atoms with van der Waals surface area (Å²) in [5.41, 5.74) is 2.31. The Morgan fingerprint density at radius 3 is 2.38 bits per heavy atom. The summed E-state index contributed by atoms with van der Waals surface area (Å²) >= 11 is 6.12. The number of ether oxygens (including phenoxy) is 1. The molecule has 2 aromatic carbocycles. The van der Waals surface area contributed by atoms with Gasteiger partial charge in [-0.3, -0.25) is 4.79 Å². The molecule has 0 saturated carbocycles. The Kier molecular flexibility index (Phi) is 6.51. The van der Waals surface area contributed by atoms with Gasteiger partial charge in [-0.05, 0) is 62.1 Å². The maximum Gasteiger partial charge on any atom is 0.255 e. The van der Waals surface area contributed by atoms with Crippen molar-refractivity contribution in [2.24, 2.45) is 0 Å². The molecule has 1 amide bonds. The Morgan fingerprint density at radius 1 is 1.14 bits per heavy atom. The lowest BCUT2D eigenvalue weighted by Gasteiger charge is -2.32. The van der Waals surface area contributed by atoms with Crippen molar-refractivity contribution in [3.63, 3.8) is 0 Å². The first-order chi connectivity index (χ1) is 13.7. The predicted octanol–water partition coefficient (Wildman–Crippen LogP) is 3.55. The van der Waals surface area contributed by atoms with Crippen molar-refractivity contribution in [1.82, 2.24) is 9.62 Å². The molecular formula is C21H25ClN2O4S. The van der Waals surface area contributed by atoms with E-state index in [1.807, 2.05) is 13.8 Å². The van der Waals surface area contributed by atoms with Crippen LogP contribution in [0.1, 0.15) is 34.3 Å². The van der Waals surface area contributed by atoms with Crippen LogP contribution in [0, 0.1) is 13.8 Å². The molecule has 0 spiro atoms. The van der Waals surface area contributed by atoms with Crippen molar-refractivity contribution in [2.75, 3.05) is 20.2 Å². The first kappa shape index (κ1) is 21.6. The molecule has 1 aliphatic heterocycles. The number of aryl methyl sites for hydroxylation is 2. The third kappa shape index (κ3) is 4.74. The molecule has 0 unspecified atom stereocenters. The number of rotatable bonds is 5. The van der Waals surface area contributed by atoms with Crippen molar-refractivity contribution in [3.05, 3.63) is 58.1 Å². The third-order valence-electron chi connectivity index (χ3n) is 5.28. The van der Waals surface area contributed by atoms with Crippen LogP contribution in [0.2, 0.25) is 5.02 Å². The van der Waals surface area contributed by atoms with Crippen LogP contribution < -0.4 is 9.46 Å². The molecule has 29 heavy (non-hydrogen) atoms. The second kappa shape index (κ2) is 8.73. The number of sulfonamides is 1. The number of carbonyl (C=O) groups is 1. The molecule has 1 aliphatic rings. The van der Waals surface area contributed by atoms with E-state index in [2.05, 4.69) is 4.72 Å². The van der Waals surface area contributed by atoms with E-state index in [1.165, 1.54) is 7.11 Å². The second-order valence-electron chi connectivity index (χ2n) is 7.25. The second-order valence-corrected chi connectivity index (χ2v) is 9.34. The lowest BCUT2D eigenvalue weighted by atomic mass is 10.0. The molecule has 0 aromatic heterocycles. The van der Waals surface area contributed by atoms with Crippen LogP contribution >= 0.6 is 11.6 Å². The number of halogens is 1. The van der Waals surface area contributed by atoms with Crippen LogP contribution in [0.25, 0.3) is 0 Å². The smallest absolute Gasteiger partial charge is 0.255 e. The highest BCUT2D eigenvalue weighted by atomic mass is 35.5. The van der Waals surface area contributed by atoms with E-state index in [1.54, 1.807) is 41.3 Å². The lowest BCUT2D eigenvalue weighted by molar-refractivity contribution is 0.0711. The molecule has 0 aliphatic carbocycles.